The van der Waals surface area contributed by atoms with Gasteiger partial charge in [-0.3, -0.25) is 0 Å². The molecular weight excluding hydrogens is 260 g/mol. The molecule has 0 atom stereocenters. The van der Waals surface area contributed by atoms with Crippen molar-refractivity contribution in [3.05, 3.63) is 59.7 Å². The highest BCUT2D eigenvalue weighted by molar-refractivity contribution is 5.90. The summed E-state index contributed by atoms with van der Waals surface area (Å²) in [5.74, 6) is 1.48. The van der Waals surface area contributed by atoms with E-state index in [4.69, 9.17) is 0 Å². The summed E-state index contributed by atoms with van der Waals surface area (Å²) in [6.07, 6.45) is 0. The Bertz CT molecular complexity index is 753. The van der Waals surface area contributed by atoms with E-state index < -0.39 is 0 Å². The highest BCUT2D eigenvalue weighted by Crippen LogP contribution is 2.23. The van der Waals surface area contributed by atoms with Gasteiger partial charge in [0.2, 0.25) is 5.95 Å². The van der Waals surface area contributed by atoms with Crippen molar-refractivity contribution in [2.75, 3.05) is 17.7 Å². The van der Waals surface area contributed by atoms with Crippen LogP contribution in [0.2, 0.25) is 0 Å². The second kappa shape index (κ2) is 5.79. The Morgan fingerprint density at radius 1 is 1.00 bits per heavy atom. The number of hydrogen-bond donors (Lipinski definition) is 2. The van der Waals surface area contributed by atoms with Gasteiger partial charge in [-0.15, -0.1) is 0 Å². The molecule has 0 aliphatic heterocycles. The topological polar surface area (TPSA) is 49.8 Å². The first kappa shape index (κ1) is 13.4. The lowest BCUT2D eigenvalue weighted by molar-refractivity contribution is 1.10. The molecule has 1 heterocycles. The summed E-state index contributed by atoms with van der Waals surface area (Å²) in [7, 11) is 1.83. The summed E-state index contributed by atoms with van der Waals surface area (Å²) in [4.78, 5) is 9.04. The Morgan fingerprint density at radius 2 is 1.81 bits per heavy atom. The molecule has 0 spiro atoms. The Kier molecular flexibility index (Phi) is 3.69. The average molecular weight is 278 g/mol. The van der Waals surface area contributed by atoms with Gasteiger partial charge in [-0.1, -0.05) is 36.4 Å². The molecule has 0 aliphatic carbocycles. The average Bonchev–Trinajstić information content (AvgIpc) is 2.52. The van der Waals surface area contributed by atoms with Gasteiger partial charge in [-0.05, 0) is 30.2 Å². The first-order valence-electron chi connectivity index (χ1n) is 7.00. The van der Waals surface area contributed by atoms with Crippen molar-refractivity contribution in [1.29, 1.82) is 0 Å². The van der Waals surface area contributed by atoms with E-state index in [1.165, 1.54) is 11.1 Å². The van der Waals surface area contributed by atoms with Crippen molar-refractivity contribution in [1.82, 2.24) is 9.97 Å². The molecule has 0 radical (unpaired) electrons. The maximum Gasteiger partial charge on any atom is 0.224 e. The minimum atomic E-state index is 0.628. The number of anilines is 2. The van der Waals surface area contributed by atoms with Gasteiger partial charge >= 0.3 is 0 Å². The first-order chi connectivity index (χ1) is 10.3. The van der Waals surface area contributed by atoms with Crippen LogP contribution in [-0.2, 0) is 6.54 Å². The van der Waals surface area contributed by atoms with Crippen LogP contribution in [0.4, 0.5) is 11.8 Å². The predicted molar refractivity (Wildman–Crippen MR) is 87.6 cm³/mol. The molecule has 0 saturated heterocycles. The van der Waals surface area contributed by atoms with E-state index in [1.54, 1.807) is 0 Å². The van der Waals surface area contributed by atoms with E-state index >= 15 is 0 Å². The maximum atomic E-state index is 4.53. The van der Waals surface area contributed by atoms with Crippen LogP contribution < -0.4 is 10.6 Å². The molecule has 0 unspecified atom stereocenters. The van der Waals surface area contributed by atoms with Gasteiger partial charge in [0.05, 0.1) is 5.52 Å². The van der Waals surface area contributed by atoms with E-state index in [2.05, 4.69) is 57.9 Å². The van der Waals surface area contributed by atoms with Gasteiger partial charge in [0.1, 0.15) is 5.82 Å². The standard InChI is InChI=1S/C17H18N4/c1-12-8-9-14-15(10-12)20-17(18-2)21-16(14)19-11-13-6-4-3-5-7-13/h3-10H,11H2,1-2H3,(H2,18,19,20,21). The van der Waals surface area contributed by atoms with Crippen LogP contribution in [-0.4, -0.2) is 17.0 Å². The third-order valence-electron chi connectivity index (χ3n) is 3.38. The Labute approximate surface area is 124 Å². The summed E-state index contributed by atoms with van der Waals surface area (Å²) in [6.45, 7) is 2.81. The van der Waals surface area contributed by atoms with Gasteiger partial charge in [0.15, 0.2) is 0 Å². The van der Waals surface area contributed by atoms with Crippen molar-refractivity contribution < 1.29 is 0 Å². The van der Waals surface area contributed by atoms with Crippen molar-refractivity contribution in [2.24, 2.45) is 0 Å². The molecule has 4 nitrogen and oxygen atoms in total. The van der Waals surface area contributed by atoms with Crippen LogP contribution in [0.1, 0.15) is 11.1 Å². The fraction of sp³-hybridized carbons (Fsp3) is 0.176. The quantitative estimate of drug-likeness (QED) is 0.765. The number of benzene rings is 2. The molecule has 106 valence electrons. The smallest absolute Gasteiger partial charge is 0.224 e. The van der Waals surface area contributed by atoms with E-state index in [-0.39, 0.29) is 0 Å². The summed E-state index contributed by atoms with van der Waals surface area (Å²) in [6, 6.07) is 16.5. The third kappa shape index (κ3) is 2.94. The van der Waals surface area contributed by atoms with Crippen LogP contribution in [0, 0.1) is 6.92 Å². The molecule has 0 aliphatic rings. The van der Waals surface area contributed by atoms with Crippen molar-refractivity contribution in [3.63, 3.8) is 0 Å². The molecule has 2 N–H and O–H groups in total. The maximum absolute atomic E-state index is 4.53. The number of nitrogens with one attached hydrogen (secondary N) is 2. The van der Waals surface area contributed by atoms with Crippen molar-refractivity contribution >= 4 is 22.7 Å². The van der Waals surface area contributed by atoms with E-state index in [9.17, 15) is 0 Å². The number of nitrogens with zero attached hydrogens (tertiary/aromatic N) is 2. The number of hydrogen-bond acceptors (Lipinski definition) is 4. The lowest BCUT2D eigenvalue weighted by Crippen LogP contribution is -2.05. The third-order valence-corrected chi connectivity index (χ3v) is 3.38. The monoisotopic (exact) mass is 278 g/mol. The summed E-state index contributed by atoms with van der Waals surface area (Å²) >= 11 is 0. The van der Waals surface area contributed by atoms with E-state index in [1.807, 2.05) is 25.2 Å². The van der Waals surface area contributed by atoms with Crippen LogP contribution in [0.25, 0.3) is 10.9 Å². The summed E-state index contributed by atoms with van der Waals surface area (Å²) < 4.78 is 0. The van der Waals surface area contributed by atoms with Crippen LogP contribution in [0.5, 0.6) is 0 Å². The Balaban J connectivity index is 1.96. The molecule has 0 saturated carbocycles. The number of aryl methyl sites for hydroxylation is 1. The molecule has 0 amide bonds. The first-order valence-corrected chi connectivity index (χ1v) is 7.00. The largest absolute Gasteiger partial charge is 0.365 e. The minimum Gasteiger partial charge on any atom is -0.365 e. The molecule has 3 aromatic rings. The van der Waals surface area contributed by atoms with Crippen molar-refractivity contribution in [2.45, 2.75) is 13.5 Å². The molecule has 0 bridgehead atoms. The zero-order valence-corrected chi connectivity index (χ0v) is 12.2. The molecule has 1 aromatic heterocycles. The van der Waals surface area contributed by atoms with E-state index in [0.29, 0.717) is 5.95 Å². The zero-order chi connectivity index (χ0) is 14.7. The molecule has 2 aromatic carbocycles. The van der Waals surface area contributed by atoms with Crippen LogP contribution in [0.3, 0.4) is 0 Å². The molecule has 4 heteroatoms. The molecule has 21 heavy (non-hydrogen) atoms. The molecule has 0 fully saturated rings. The van der Waals surface area contributed by atoms with Crippen molar-refractivity contribution in [3.8, 4) is 0 Å². The van der Waals surface area contributed by atoms with Gasteiger partial charge in [-0.2, -0.15) is 4.98 Å². The SMILES string of the molecule is CNc1nc(NCc2ccccc2)c2ccc(C)cc2n1. The highest BCUT2D eigenvalue weighted by Gasteiger charge is 2.07. The van der Waals surface area contributed by atoms with E-state index in [0.717, 1.165) is 23.3 Å². The lowest BCUT2D eigenvalue weighted by Gasteiger charge is -2.11. The Hall–Kier alpha value is -2.62. The molecular formula is C17H18N4. The fourth-order valence-corrected chi connectivity index (χ4v) is 2.27. The second-order valence-electron chi connectivity index (χ2n) is 5.01. The minimum absolute atomic E-state index is 0.628. The normalized spacial score (nSPS) is 10.6. The van der Waals surface area contributed by atoms with Gasteiger partial charge in [-0.25, -0.2) is 4.98 Å². The van der Waals surface area contributed by atoms with Crippen LogP contribution >= 0.6 is 0 Å². The second-order valence-corrected chi connectivity index (χ2v) is 5.01. The number of rotatable bonds is 4. The van der Waals surface area contributed by atoms with Gasteiger partial charge in [0, 0.05) is 19.0 Å². The van der Waals surface area contributed by atoms with Gasteiger partial charge in [0.25, 0.3) is 0 Å². The number of fused-ring (bicyclic) bond motifs is 1. The summed E-state index contributed by atoms with van der Waals surface area (Å²) in [5, 5.41) is 7.46. The summed E-state index contributed by atoms with van der Waals surface area (Å²) in [5.41, 5.74) is 3.37. The van der Waals surface area contributed by atoms with Gasteiger partial charge < -0.3 is 10.6 Å². The lowest BCUT2D eigenvalue weighted by atomic mass is 10.1. The predicted octanol–water partition coefficient (Wildman–Crippen LogP) is 3.59. The Morgan fingerprint density at radius 3 is 2.57 bits per heavy atom. The highest BCUT2D eigenvalue weighted by atomic mass is 15.1. The van der Waals surface area contributed by atoms with Crippen LogP contribution in [0.15, 0.2) is 48.5 Å². The zero-order valence-electron chi connectivity index (χ0n) is 12.2. The fourth-order valence-electron chi connectivity index (χ4n) is 2.27. The molecule has 3 rings (SSSR count). The number of aromatic nitrogens is 2.